The lowest BCUT2D eigenvalue weighted by Crippen LogP contribution is -1.84. The maximum atomic E-state index is 9.27. The number of hydrogen-bond donors (Lipinski definition) is 1. The predicted molar refractivity (Wildman–Crippen MR) is 65.8 cm³/mol. The fourth-order valence-corrected chi connectivity index (χ4v) is 1.28. The van der Waals surface area contributed by atoms with E-state index in [9.17, 15) is 5.11 Å². The van der Waals surface area contributed by atoms with Crippen molar-refractivity contribution in [2.45, 2.75) is 13.3 Å². The molecule has 0 heterocycles. The molecule has 0 unspecified atom stereocenters. The van der Waals surface area contributed by atoms with Crippen LogP contribution in [-0.4, -0.2) is 5.11 Å². The lowest BCUT2D eigenvalue weighted by Gasteiger charge is -2.02. The summed E-state index contributed by atoms with van der Waals surface area (Å²) in [5, 5.41) is 9.27. The van der Waals surface area contributed by atoms with Crippen molar-refractivity contribution in [2.24, 2.45) is 0 Å². The highest BCUT2D eigenvalue weighted by molar-refractivity contribution is 5.72. The van der Waals surface area contributed by atoms with Crippen LogP contribution in [0.25, 0.3) is 5.57 Å². The van der Waals surface area contributed by atoms with Crippen LogP contribution >= 0.6 is 0 Å². The third-order valence-electron chi connectivity index (χ3n) is 2.26. The Kier molecular flexibility index (Phi) is 3.92. The molecule has 1 aromatic rings. The van der Waals surface area contributed by atoms with Gasteiger partial charge in [0.2, 0.25) is 0 Å². The first-order valence-electron chi connectivity index (χ1n) is 4.98. The largest absolute Gasteiger partial charge is 0.508 e. The average Bonchev–Trinajstić information content (AvgIpc) is 2.29. The van der Waals surface area contributed by atoms with Gasteiger partial charge in [0.15, 0.2) is 0 Å². The molecule has 1 rings (SSSR count). The first-order chi connectivity index (χ1) is 7.17. The zero-order valence-corrected chi connectivity index (χ0v) is 9.03. The summed E-state index contributed by atoms with van der Waals surface area (Å²) in [5.41, 5.74) is 3.10. The van der Waals surface area contributed by atoms with Crippen molar-refractivity contribution in [3.8, 4) is 0 Å². The first-order valence-corrected chi connectivity index (χ1v) is 4.98. The number of allylic oxidation sites excluding steroid dienone is 3. The molecule has 78 valence electrons. The Labute approximate surface area is 91.1 Å². The fourth-order valence-electron chi connectivity index (χ4n) is 1.28. The second-order valence-corrected chi connectivity index (χ2v) is 3.35. The van der Waals surface area contributed by atoms with E-state index in [-0.39, 0.29) is 5.76 Å². The van der Waals surface area contributed by atoms with Crippen LogP contribution in [0.3, 0.4) is 0 Å². The SMILES string of the molecule is C=C/C(O)=C\C(=C)c1ccc(CC)cc1. The van der Waals surface area contributed by atoms with Crippen LogP contribution in [-0.2, 0) is 6.42 Å². The monoisotopic (exact) mass is 200 g/mol. The molecule has 0 fully saturated rings. The fraction of sp³-hybridized carbons (Fsp3) is 0.143. The summed E-state index contributed by atoms with van der Waals surface area (Å²) in [6, 6.07) is 8.15. The van der Waals surface area contributed by atoms with Gasteiger partial charge < -0.3 is 5.11 Å². The maximum absolute atomic E-state index is 9.27. The van der Waals surface area contributed by atoms with E-state index in [1.807, 2.05) is 12.1 Å². The van der Waals surface area contributed by atoms with Crippen LogP contribution in [0.4, 0.5) is 0 Å². The molecule has 0 aliphatic carbocycles. The lowest BCUT2D eigenvalue weighted by molar-refractivity contribution is 0.433. The summed E-state index contributed by atoms with van der Waals surface area (Å²) < 4.78 is 0. The number of hydrogen-bond acceptors (Lipinski definition) is 1. The van der Waals surface area contributed by atoms with E-state index in [1.54, 1.807) is 6.08 Å². The Hall–Kier alpha value is -1.76. The van der Waals surface area contributed by atoms with Crippen LogP contribution in [0.1, 0.15) is 18.1 Å². The third kappa shape index (κ3) is 3.13. The lowest BCUT2D eigenvalue weighted by atomic mass is 10.0. The van der Waals surface area contributed by atoms with E-state index in [0.717, 1.165) is 17.6 Å². The summed E-state index contributed by atoms with van der Waals surface area (Å²) >= 11 is 0. The molecular weight excluding hydrogens is 184 g/mol. The van der Waals surface area contributed by atoms with Gasteiger partial charge in [-0.3, -0.25) is 0 Å². The van der Waals surface area contributed by atoms with Gasteiger partial charge in [-0.1, -0.05) is 44.3 Å². The molecule has 0 atom stereocenters. The minimum absolute atomic E-state index is 0.138. The molecule has 0 radical (unpaired) electrons. The van der Waals surface area contributed by atoms with Gasteiger partial charge in [0, 0.05) is 0 Å². The molecule has 1 N–H and O–H groups in total. The molecule has 1 heteroatoms. The number of aliphatic hydroxyl groups is 1. The summed E-state index contributed by atoms with van der Waals surface area (Å²) in [6.07, 6.45) is 4.03. The van der Waals surface area contributed by atoms with Crippen molar-refractivity contribution in [3.63, 3.8) is 0 Å². The van der Waals surface area contributed by atoms with Crippen molar-refractivity contribution in [3.05, 3.63) is 66.5 Å². The zero-order valence-electron chi connectivity index (χ0n) is 9.03. The van der Waals surface area contributed by atoms with E-state index in [4.69, 9.17) is 0 Å². The van der Waals surface area contributed by atoms with Gasteiger partial charge in [-0.15, -0.1) is 0 Å². The van der Waals surface area contributed by atoms with E-state index in [2.05, 4.69) is 32.2 Å². The van der Waals surface area contributed by atoms with Gasteiger partial charge in [-0.25, -0.2) is 0 Å². The maximum Gasteiger partial charge on any atom is 0.115 e. The molecule has 0 saturated carbocycles. The molecule has 15 heavy (non-hydrogen) atoms. The molecular formula is C14H16O. The summed E-state index contributed by atoms with van der Waals surface area (Å²) in [7, 11) is 0. The van der Waals surface area contributed by atoms with Crippen molar-refractivity contribution in [1.29, 1.82) is 0 Å². The van der Waals surface area contributed by atoms with E-state index >= 15 is 0 Å². The van der Waals surface area contributed by atoms with Gasteiger partial charge >= 0.3 is 0 Å². The molecule has 0 amide bonds. The number of aryl methyl sites for hydroxylation is 1. The van der Waals surface area contributed by atoms with Crippen LogP contribution in [0.5, 0.6) is 0 Å². The molecule has 0 aromatic heterocycles. The Bertz CT molecular complexity index is 382. The standard InChI is InChI=1S/C14H16O/c1-4-12-6-8-13(9-7-12)11(3)10-14(15)5-2/h5-10,15H,2-4H2,1H3/b14-10+. The normalized spacial score (nSPS) is 11.1. The van der Waals surface area contributed by atoms with Crippen molar-refractivity contribution in [2.75, 3.05) is 0 Å². The summed E-state index contributed by atoms with van der Waals surface area (Å²) in [6.45, 7) is 9.48. The number of benzene rings is 1. The summed E-state index contributed by atoms with van der Waals surface area (Å²) in [4.78, 5) is 0. The highest BCUT2D eigenvalue weighted by Crippen LogP contribution is 2.16. The van der Waals surface area contributed by atoms with Crippen LogP contribution in [0, 0.1) is 0 Å². The first kappa shape index (κ1) is 11.3. The minimum Gasteiger partial charge on any atom is -0.508 e. The van der Waals surface area contributed by atoms with Crippen molar-refractivity contribution < 1.29 is 5.11 Å². The van der Waals surface area contributed by atoms with Crippen molar-refractivity contribution in [1.82, 2.24) is 0 Å². The minimum atomic E-state index is 0.138. The quantitative estimate of drug-likeness (QED) is 0.577. The van der Waals surface area contributed by atoms with Gasteiger partial charge in [0.1, 0.15) is 5.76 Å². The Morgan fingerprint density at radius 3 is 2.40 bits per heavy atom. The van der Waals surface area contributed by atoms with E-state index in [1.165, 1.54) is 11.6 Å². The molecule has 0 aliphatic heterocycles. The van der Waals surface area contributed by atoms with Gasteiger partial charge in [0.25, 0.3) is 0 Å². The third-order valence-corrected chi connectivity index (χ3v) is 2.26. The molecule has 0 aliphatic rings. The number of aliphatic hydroxyl groups excluding tert-OH is 1. The van der Waals surface area contributed by atoms with Crippen molar-refractivity contribution >= 4 is 5.57 Å². The van der Waals surface area contributed by atoms with Crippen LogP contribution < -0.4 is 0 Å². The molecule has 1 aromatic carbocycles. The predicted octanol–water partition coefficient (Wildman–Crippen LogP) is 3.89. The zero-order chi connectivity index (χ0) is 11.3. The number of rotatable bonds is 4. The van der Waals surface area contributed by atoms with Crippen LogP contribution in [0.2, 0.25) is 0 Å². The topological polar surface area (TPSA) is 20.2 Å². The molecule has 0 saturated heterocycles. The average molecular weight is 200 g/mol. The Morgan fingerprint density at radius 1 is 1.33 bits per heavy atom. The second-order valence-electron chi connectivity index (χ2n) is 3.35. The smallest absolute Gasteiger partial charge is 0.115 e. The highest BCUT2D eigenvalue weighted by Gasteiger charge is 1.96. The molecule has 1 nitrogen and oxygen atoms in total. The summed E-state index contributed by atoms with van der Waals surface area (Å²) in [5.74, 6) is 0.138. The second kappa shape index (κ2) is 5.20. The van der Waals surface area contributed by atoms with Gasteiger partial charge in [-0.05, 0) is 35.3 Å². The van der Waals surface area contributed by atoms with E-state index in [0.29, 0.717) is 0 Å². The van der Waals surface area contributed by atoms with Crippen LogP contribution in [0.15, 0.2) is 55.3 Å². The van der Waals surface area contributed by atoms with Gasteiger partial charge in [-0.2, -0.15) is 0 Å². The van der Waals surface area contributed by atoms with Gasteiger partial charge in [0.05, 0.1) is 0 Å². The Balaban J connectivity index is 2.88. The molecule has 0 bridgehead atoms. The molecule has 0 spiro atoms. The highest BCUT2D eigenvalue weighted by atomic mass is 16.3. The Morgan fingerprint density at radius 2 is 1.93 bits per heavy atom. The van der Waals surface area contributed by atoms with E-state index < -0.39 is 0 Å².